The van der Waals surface area contributed by atoms with Gasteiger partial charge in [0, 0.05) is 6.04 Å². The van der Waals surface area contributed by atoms with Crippen molar-refractivity contribution in [3.8, 4) is 0 Å². The molecule has 0 aromatic heterocycles. The molecular weight excluding hydrogens is 254 g/mol. The van der Waals surface area contributed by atoms with Crippen LogP contribution >= 0.6 is 0 Å². The largest absolute Gasteiger partial charge is 0.316 e. The summed E-state index contributed by atoms with van der Waals surface area (Å²) >= 11 is 0. The van der Waals surface area contributed by atoms with Crippen LogP contribution in [0.3, 0.4) is 0 Å². The molecule has 5 unspecified atom stereocenters. The van der Waals surface area contributed by atoms with Crippen LogP contribution in [-0.4, -0.2) is 13.1 Å². The fourth-order valence-corrected chi connectivity index (χ4v) is 4.44. The second kappa shape index (κ2) is 9.87. The van der Waals surface area contributed by atoms with Gasteiger partial charge < -0.3 is 5.32 Å². The molecule has 1 aliphatic carbocycles. The standard InChI is InChI=1S/C20H41N/c1-7-10-15(3)13-17(5)19(14-18-11-9-12-18)20(21-6)16(4)8-2/h15-21H,7-14H2,1-6H3. The Bertz CT molecular complexity index is 259. The summed E-state index contributed by atoms with van der Waals surface area (Å²) in [5.41, 5.74) is 0. The predicted molar refractivity (Wildman–Crippen MR) is 95.6 cm³/mol. The van der Waals surface area contributed by atoms with Crippen LogP contribution in [0, 0.1) is 29.6 Å². The molecule has 21 heavy (non-hydrogen) atoms. The molecule has 0 aliphatic heterocycles. The van der Waals surface area contributed by atoms with Crippen molar-refractivity contribution in [1.82, 2.24) is 5.32 Å². The van der Waals surface area contributed by atoms with Gasteiger partial charge in [-0.05, 0) is 49.5 Å². The van der Waals surface area contributed by atoms with E-state index in [-0.39, 0.29) is 0 Å². The van der Waals surface area contributed by atoms with E-state index in [2.05, 4.69) is 47.0 Å². The third-order valence-electron chi connectivity index (χ3n) is 6.17. The first kappa shape index (κ1) is 19.0. The van der Waals surface area contributed by atoms with Crippen LogP contribution in [0.4, 0.5) is 0 Å². The van der Waals surface area contributed by atoms with Gasteiger partial charge in [0.1, 0.15) is 0 Å². The lowest BCUT2D eigenvalue weighted by Gasteiger charge is -2.40. The van der Waals surface area contributed by atoms with Gasteiger partial charge in [0.15, 0.2) is 0 Å². The SMILES string of the molecule is CCCC(C)CC(C)C(CC1CCC1)C(NC)C(C)CC. The minimum Gasteiger partial charge on any atom is -0.316 e. The smallest absolute Gasteiger partial charge is 0.0120 e. The highest BCUT2D eigenvalue weighted by Gasteiger charge is 2.33. The van der Waals surface area contributed by atoms with Crippen LogP contribution in [0.2, 0.25) is 0 Å². The molecule has 0 amide bonds. The van der Waals surface area contributed by atoms with Gasteiger partial charge in [-0.25, -0.2) is 0 Å². The maximum absolute atomic E-state index is 3.69. The van der Waals surface area contributed by atoms with Crippen molar-refractivity contribution >= 4 is 0 Å². The molecule has 0 spiro atoms. The molecule has 5 atom stereocenters. The lowest BCUT2D eigenvalue weighted by molar-refractivity contribution is 0.131. The van der Waals surface area contributed by atoms with Gasteiger partial charge in [0.05, 0.1) is 0 Å². The third kappa shape index (κ3) is 5.93. The molecule has 1 aliphatic rings. The minimum absolute atomic E-state index is 0.708. The summed E-state index contributed by atoms with van der Waals surface area (Å²) in [5, 5.41) is 3.69. The normalized spacial score (nSPS) is 23.1. The molecule has 1 nitrogen and oxygen atoms in total. The van der Waals surface area contributed by atoms with Crippen molar-refractivity contribution < 1.29 is 0 Å². The zero-order valence-electron chi connectivity index (χ0n) is 15.6. The highest BCUT2D eigenvalue weighted by atomic mass is 14.9. The van der Waals surface area contributed by atoms with Crippen LogP contribution in [0.15, 0.2) is 0 Å². The fraction of sp³-hybridized carbons (Fsp3) is 1.00. The molecule has 1 N–H and O–H groups in total. The van der Waals surface area contributed by atoms with E-state index in [1.54, 1.807) is 0 Å². The molecule has 0 saturated heterocycles. The molecule has 126 valence electrons. The maximum atomic E-state index is 3.69. The zero-order chi connectivity index (χ0) is 15.8. The van der Waals surface area contributed by atoms with Gasteiger partial charge in [0.25, 0.3) is 0 Å². The molecule has 1 rings (SSSR count). The van der Waals surface area contributed by atoms with Gasteiger partial charge in [-0.2, -0.15) is 0 Å². The third-order valence-corrected chi connectivity index (χ3v) is 6.17. The van der Waals surface area contributed by atoms with Gasteiger partial charge in [-0.15, -0.1) is 0 Å². The molecule has 1 saturated carbocycles. The molecule has 1 fully saturated rings. The Morgan fingerprint density at radius 1 is 1.05 bits per heavy atom. The van der Waals surface area contributed by atoms with Crippen molar-refractivity contribution in [2.45, 2.75) is 92.0 Å². The highest BCUT2D eigenvalue weighted by Crippen LogP contribution is 2.39. The van der Waals surface area contributed by atoms with E-state index in [0.717, 1.165) is 29.6 Å². The number of hydrogen-bond acceptors (Lipinski definition) is 1. The Kier molecular flexibility index (Phi) is 8.94. The molecule has 0 heterocycles. The molecule has 0 aromatic rings. The quantitative estimate of drug-likeness (QED) is 0.501. The Hall–Kier alpha value is -0.0400. The minimum atomic E-state index is 0.708. The molecule has 1 heteroatoms. The topological polar surface area (TPSA) is 12.0 Å². The van der Waals surface area contributed by atoms with Crippen molar-refractivity contribution in [3.05, 3.63) is 0 Å². The monoisotopic (exact) mass is 295 g/mol. The summed E-state index contributed by atoms with van der Waals surface area (Å²) in [6, 6.07) is 0.708. The predicted octanol–water partition coefficient (Wildman–Crippen LogP) is 5.89. The van der Waals surface area contributed by atoms with Gasteiger partial charge in [0.2, 0.25) is 0 Å². The van der Waals surface area contributed by atoms with E-state index >= 15 is 0 Å². The second-order valence-electron chi connectivity index (χ2n) is 8.00. The second-order valence-corrected chi connectivity index (χ2v) is 8.00. The van der Waals surface area contributed by atoms with E-state index < -0.39 is 0 Å². The Balaban J connectivity index is 2.68. The zero-order valence-corrected chi connectivity index (χ0v) is 15.6. The first-order chi connectivity index (χ1) is 10.0. The summed E-state index contributed by atoms with van der Waals surface area (Å²) in [6.07, 6.45) is 11.4. The van der Waals surface area contributed by atoms with Gasteiger partial charge in [-0.3, -0.25) is 0 Å². The number of hydrogen-bond donors (Lipinski definition) is 1. The van der Waals surface area contributed by atoms with E-state index in [1.807, 2.05) is 0 Å². The van der Waals surface area contributed by atoms with Crippen LogP contribution < -0.4 is 5.32 Å². The van der Waals surface area contributed by atoms with Crippen molar-refractivity contribution in [1.29, 1.82) is 0 Å². The first-order valence-electron chi connectivity index (χ1n) is 9.70. The summed E-state index contributed by atoms with van der Waals surface area (Å²) in [5.74, 6) is 4.44. The van der Waals surface area contributed by atoms with Gasteiger partial charge >= 0.3 is 0 Å². The van der Waals surface area contributed by atoms with Crippen molar-refractivity contribution in [2.75, 3.05) is 7.05 Å². The molecule has 0 radical (unpaired) electrons. The van der Waals surface area contributed by atoms with E-state index in [9.17, 15) is 0 Å². The van der Waals surface area contributed by atoms with Gasteiger partial charge in [-0.1, -0.05) is 73.1 Å². The van der Waals surface area contributed by atoms with Crippen LogP contribution in [0.1, 0.15) is 86.0 Å². The molecular formula is C20H41N. The van der Waals surface area contributed by atoms with Crippen LogP contribution in [0.25, 0.3) is 0 Å². The lowest BCUT2D eigenvalue weighted by atomic mass is 9.69. The number of nitrogens with one attached hydrogen (secondary N) is 1. The van der Waals surface area contributed by atoms with E-state index in [1.165, 1.54) is 51.4 Å². The Labute approximate surface area is 134 Å². The van der Waals surface area contributed by atoms with Crippen molar-refractivity contribution in [2.24, 2.45) is 29.6 Å². The lowest BCUT2D eigenvalue weighted by Crippen LogP contribution is -2.43. The summed E-state index contributed by atoms with van der Waals surface area (Å²) in [7, 11) is 2.19. The summed E-state index contributed by atoms with van der Waals surface area (Å²) in [6.45, 7) is 12.1. The maximum Gasteiger partial charge on any atom is 0.0120 e. The molecule has 0 aromatic carbocycles. The van der Waals surface area contributed by atoms with Crippen molar-refractivity contribution in [3.63, 3.8) is 0 Å². The average Bonchev–Trinajstić information content (AvgIpc) is 2.40. The summed E-state index contributed by atoms with van der Waals surface area (Å²) in [4.78, 5) is 0. The number of rotatable bonds is 11. The Morgan fingerprint density at radius 3 is 2.14 bits per heavy atom. The highest BCUT2D eigenvalue weighted by molar-refractivity contribution is 4.87. The van der Waals surface area contributed by atoms with Crippen LogP contribution in [-0.2, 0) is 0 Å². The fourth-order valence-electron chi connectivity index (χ4n) is 4.44. The Morgan fingerprint density at radius 2 is 1.71 bits per heavy atom. The molecule has 0 bridgehead atoms. The van der Waals surface area contributed by atoms with E-state index in [4.69, 9.17) is 0 Å². The summed E-state index contributed by atoms with van der Waals surface area (Å²) < 4.78 is 0. The van der Waals surface area contributed by atoms with E-state index in [0.29, 0.717) is 6.04 Å². The first-order valence-corrected chi connectivity index (χ1v) is 9.70. The average molecular weight is 296 g/mol. The van der Waals surface area contributed by atoms with Crippen LogP contribution in [0.5, 0.6) is 0 Å².